The van der Waals surface area contributed by atoms with E-state index in [2.05, 4.69) is 0 Å². The normalized spacial score (nSPS) is 27.1. The van der Waals surface area contributed by atoms with Gasteiger partial charge in [-0.25, -0.2) is 16.8 Å². The minimum Gasteiger partial charge on any atom is -0.375 e. The van der Waals surface area contributed by atoms with Gasteiger partial charge in [-0.15, -0.1) is 11.3 Å². The van der Waals surface area contributed by atoms with Gasteiger partial charge in [0.15, 0.2) is 9.84 Å². The molecule has 0 bridgehead atoms. The lowest BCUT2D eigenvalue weighted by atomic mass is 10.1. The van der Waals surface area contributed by atoms with Crippen molar-refractivity contribution in [1.29, 1.82) is 0 Å². The number of nitrogens with zero attached hydrogens (tertiary/aromatic N) is 2. The van der Waals surface area contributed by atoms with Crippen molar-refractivity contribution in [2.75, 3.05) is 38.3 Å². The van der Waals surface area contributed by atoms with E-state index in [-0.39, 0.29) is 41.3 Å². The Morgan fingerprint density at radius 2 is 2.04 bits per heavy atom. The third kappa shape index (κ3) is 3.10. The summed E-state index contributed by atoms with van der Waals surface area (Å²) in [6.45, 7) is 0.0802. The molecule has 0 N–H and O–H groups in total. The third-order valence-electron chi connectivity index (χ3n) is 4.27. The zero-order valence-corrected chi connectivity index (χ0v) is 15.4. The van der Waals surface area contributed by atoms with Crippen LogP contribution in [0, 0.1) is 0 Å². The monoisotopic (exact) mass is 394 g/mol. The average Bonchev–Trinajstić information content (AvgIpc) is 3.12. The van der Waals surface area contributed by atoms with Gasteiger partial charge in [0.2, 0.25) is 5.91 Å². The molecule has 3 rings (SSSR count). The van der Waals surface area contributed by atoms with Crippen molar-refractivity contribution in [3.05, 3.63) is 17.5 Å². The first-order valence-electron chi connectivity index (χ1n) is 7.30. The number of rotatable bonds is 4. The van der Waals surface area contributed by atoms with Crippen molar-refractivity contribution in [2.45, 2.75) is 16.3 Å². The second kappa shape index (κ2) is 6.37. The molecule has 0 radical (unpaired) electrons. The number of hydrogen-bond donors (Lipinski definition) is 0. The lowest BCUT2D eigenvalue weighted by molar-refractivity contribution is -0.139. The van der Waals surface area contributed by atoms with Crippen molar-refractivity contribution in [3.8, 4) is 0 Å². The van der Waals surface area contributed by atoms with Crippen LogP contribution in [0.3, 0.4) is 0 Å². The van der Waals surface area contributed by atoms with E-state index in [0.717, 1.165) is 11.3 Å². The largest absolute Gasteiger partial charge is 0.375 e. The Bertz CT molecular complexity index is 818. The molecule has 0 spiro atoms. The van der Waals surface area contributed by atoms with Gasteiger partial charge in [0.25, 0.3) is 10.0 Å². The Morgan fingerprint density at radius 1 is 1.33 bits per heavy atom. The van der Waals surface area contributed by atoms with Crippen LogP contribution in [0.15, 0.2) is 21.7 Å². The predicted octanol–water partition coefficient (Wildman–Crippen LogP) is -0.607. The maximum atomic E-state index is 12.8. The summed E-state index contributed by atoms with van der Waals surface area (Å²) in [5, 5.41) is 1.66. The molecule has 1 amide bonds. The number of fused-ring (bicyclic) bond motifs is 1. The molecule has 0 saturated carbocycles. The summed E-state index contributed by atoms with van der Waals surface area (Å²) in [5.74, 6) is -0.805. The van der Waals surface area contributed by atoms with Crippen LogP contribution in [-0.4, -0.2) is 82.3 Å². The van der Waals surface area contributed by atoms with Crippen LogP contribution in [0.5, 0.6) is 0 Å². The van der Waals surface area contributed by atoms with Crippen LogP contribution in [-0.2, 0) is 29.4 Å². The van der Waals surface area contributed by atoms with Crippen LogP contribution in [0.25, 0.3) is 0 Å². The molecule has 0 aromatic carbocycles. The molecule has 134 valence electrons. The van der Waals surface area contributed by atoms with Crippen LogP contribution < -0.4 is 0 Å². The van der Waals surface area contributed by atoms with Crippen molar-refractivity contribution in [3.63, 3.8) is 0 Å². The summed E-state index contributed by atoms with van der Waals surface area (Å²) >= 11 is 1.09. The molecule has 1 aromatic heterocycles. The number of thiophene rings is 1. The van der Waals surface area contributed by atoms with Crippen molar-refractivity contribution in [2.24, 2.45) is 0 Å². The maximum absolute atomic E-state index is 12.8. The Hall–Kier alpha value is -1.01. The Morgan fingerprint density at radius 3 is 2.67 bits per heavy atom. The minimum atomic E-state index is -3.77. The number of carbonyl (C=O) groups is 1. The quantitative estimate of drug-likeness (QED) is 0.675. The fraction of sp³-hybridized carbons (Fsp3) is 0.615. The number of ether oxygens (including phenoxy) is 1. The van der Waals surface area contributed by atoms with Crippen LogP contribution in [0.2, 0.25) is 0 Å². The van der Waals surface area contributed by atoms with Gasteiger partial charge < -0.3 is 9.64 Å². The highest BCUT2D eigenvalue weighted by Crippen LogP contribution is 2.32. The fourth-order valence-electron chi connectivity index (χ4n) is 3.26. The van der Waals surface area contributed by atoms with Gasteiger partial charge >= 0.3 is 0 Å². The Labute approximate surface area is 145 Å². The number of amides is 1. The van der Waals surface area contributed by atoms with E-state index in [0.29, 0.717) is 0 Å². The summed E-state index contributed by atoms with van der Waals surface area (Å²) < 4.78 is 56.1. The molecule has 11 heteroatoms. The maximum Gasteiger partial charge on any atom is 0.252 e. The van der Waals surface area contributed by atoms with Crippen molar-refractivity contribution in [1.82, 2.24) is 9.21 Å². The molecule has 24 heavy (non-hydrogen) atoms. The molecule has 2 aliphatic heterocycles. The zero-order valence-electron chi connectivity index (χ0n) is 13.0. The van der Waals surface area contributed by atoms with Gasteiger partial charge in [-0.2, -0.15) is 4.31 Å². The molecule has 2 fully saturated rings. The molecule has 2 atom stereocenters. The van der Waals surface area contributed by atoms with E-state index in [1.54, 1.807) is 11.4 Å². The highest BCUT2D eigenvalue weighted by Gasteiger charge is 2.51. The summed E-state index contributed by atoms with van der Waals surface area (Å²) in [4.78, 5) is 13.6. The van der Waals surface area contributed by atoms with E-state index in [4.69, 9.17) is 4.74 Å². The van der Waals surface area contributed by atoms with Crippen molar-refractivity contribution >= 4 is 37.1 Å². The number of hydrogen-bond acceptors (Lipinski definition) is 7. The first-order valence-corrected chi connectivity index (χ1v) is 11.4. The fourth-order valence-corrected chi connectivity index (χ4v) is 8.10. The highest BCUT2D eigenvalue weighted by atomic mass is 32.2. The minimum absolute atomic E-state index is 0.0758. The first kappa shape index (κ1) is 17.8. The number of sulfonamides is 1. The molecule has 1 aromatic rings. The van der Waals surface area contributed by atoms with Crippen LogP contribution in [0.4, 0.5) is 0 Å². The van der Waals surface area contributed by atoms with E-state index in [1.807, 2.05) is 0 Å². The average molecular weight is 394 g/mol. The molecule has 2 saturated heterocycles. The summed E-state index contributed by atoms with van der Waals surface area (Å²) in [7, 11) is -5.79. The lowest BCUT2D eigenvalue weighted by Gasteiger charge is -2.42. The van der Waals surface area contributed by atoms with Gasteiger partial charge in [-0.3, -0.25) is 4.79 Å². The lowest BCUT2D eigenvalue weighted by Crippen LogP contribution is -2.62. The Kier molecular flexibility index (Phi) is 4.73. The van der Waals surface area contributed by atoms with E-state index < -0.39 is 31.9 Å². The van der Waals surface area contributed by atoms with Gasteiger partial charge in [0.1, 0.15) is 10.8 Å². The first-order chi connectivity index (χ1) is 11.3. The number of methoxy groups -OCH3 is 1. The van der Waals surface area contributed by atoms with E-state index >= 15 is 0 Å². The highest BCUT2D eigenvalue weighted by molar-refractivity contribution is 7.92. The number of piperazine rings is 1. The molecule has 0 aliphatic carbocycles. The molecular weight excluding hydrogens is 376 g/mol. The van der Waals surface area contributed by atoms with Gasteiger partial charge in [-0.1, -0.05) is 6.07 Å². The topological polar surface area (TPSA) is 101 Å². The summed E-state index contributed by atoms with van der Waals surface area (Å²) in [6.07, 6.45) is 0. The molecular formula is C13H18N2O6S3. The van der Waals surface area contributed by atoms with Gasteiger partial charge in [0, 0.05) is 20.2 Å². The standard InChI is InChI=1S/C13H18N2O6S3/c1-21-7-12(16)14-4-5-15(11-9-23(17,18)8-10(11)14)24(19,20)13-3-2-6-22-13/h2-3,6,10-11H,4-5,7-9H2,1H3/t10-,11+/m1/s1. The second-order valence-corrected chi connectivity index (χ2v) is 11.0. The molecule has 0 unspecified atom stereocenters. The SMILES string of the molecule is COCC(=O)N1CCN(S(=O)(=O)c2cccs2)[C@H]2CS(=O)(=O)C[C@H]21. The van der Waals surface area contributed by atoms with Crippen molar-refractivity contribution < 1.29 is 26.4 Å². The molecule has 8 nitrogen and oxygen atoms in total. The Balaban J connectivity index is 1.94. The zero-order chi connectivity index (χ0) is 17.5. The smallest absolute Gasteiger partial charge is 0.252 e. The van der Waals surface area contributed by atoms with Gasteiger partial charge in [-0.05, 0) is 11.4 Å². The predicted molar refractivity (Wildman–Crippen MR) is 88.0 cm³/mol. The van der Waals surface area contributed by atoms with E-state index in [9.17, 15) is 21.6 Å². The summed E-state index contributed by atoms with van der Waals surface area (Å²) in [5.41, 5.74) is 0. The summed E-state index contributed by atoms with van der Waals surface area (Å²) in [6, 6.07) is 1.72. The van der Waals surface area contributed by atoms with Gasteiger partial charge in [0.05, 0.1) is 23.6 Å². The second-order valence-electron chi connectivity index (χ2n) is 5.78. The van der Waals surface area contributed by atoms with E-state index in [1.165, 1.54) is 22.4 Å². The number of carbonyl (C=O) groups excluding carboxylic acids is 1. The number of sulfone groups is 1. The van der Waals surface area contributed by atoms with Crippen LogP contribution >= 0.6 is 11.3 Å². The van der Waals surface area contributed by atoms with Crippen LogP contribution in [0.1, 0.15) is 0 Å². The third-order valence-corrected chi connectivity index (χ3v) is 9.27. The molecule has 2 aliphatic rings. The molecule has 3 heterocycles.